The lowest BCUT2D eigenvalue weighted by Gasteiger charge is -2.25. The van der Waals surface area contributed by atoms with E-state index in [0.717, 1.165) is 0 Å². The average molecular weight is 612 g/mol. The molecular formula is C25H27Cl2N5O7S. The topological polar surface area (TPSA) is 141 Å². The van der Waals surface area contributed by atoms with Crippen molar-refractivity contribution in [1.82, 2.24) is 4.98 Å². The molecule has 0 spiro atoms. The molecule has 0 bridgehead atoms. The van der Waals surface area contributed by atoms with Crippen molar-refractivity contribution in [3.05, 3.63) is 40.4 Å². The van der Waals surface area contributed by atoms with Gasteiger partial charge in [-0.05, 0) is 44.2 Å². The van der Waals surface area contributed by atoms with E-state index in [1.165, 1.54) is 18.3 Å². The Morgan fingerprint density at radius 2 is 1.60 bits per heavy atom. The summed E-state index contributed by atoms with van der Waals surface area (Å²) in [4.78, 5) is 41.3. The average Bonchev–Trinajstić information content (AvgIpc) is 3.33. The molecule has 0 aliphatic carbocycles. The molecule has 40 heavy (non-hydrogen) atoms. The standard InChI is InChI=1S/C25H27Cl2N5O7S/c1-4-36-24(34)38-12-10-32(11-13-39-25(35)37-5-2)16-6-8-18(20(14-16)28-15(3)33)30-31-23-29-19-9-7-17(26)21(27)22(19)40-23/h6-9,14H,4-5,10-13H2,1-3H3,(H,28,33). The first kappa shape index (κ1) is 30.9. The number of halogens is 2. The minimum atomic E-state index is -0.793. The lowest BCUT2D eigenvalue weighted by atomic mass is 10.2. The molecule has 3 aromatic rings. The van der Waals surface area contributed by atoms with Crippen molar-refractivity contribution in [3.8, 4) is 0 Å². The Bertz CT molecular complexity index is 1360. The number of hydrogen-bond donors (Lipinski definition) is 1. The minimum absolute atomic E-state index is 0.000642. The van der Waals surface area contributed by atoms with Gasteiger partial charge in [-0.3, -0.25) is 4.79 Å². The highest BCUT2D eigenvalue weighted by atomic mass is 35.5. The molecule has 214 valence electrons. The van der Waals surface area contributed by atoms with E-state index in [4.69, 9.17) is 42.1 Å². The Hall–Kier alpha value is -3.68. The molecule has 1 amide bonds. The van der Waals surface area contributed by atoms with E-state index in [9.17, 15) is 14.4 Å². The molecule has 15 heteroatoms. The van der Waals surface area contributed by atoms with Gasteiger partial charge in [-0.25, -0.2) is 14.6 Å². The Kier molecular flexibility index (Phi) is 11.7. The second kappa shape index (κ2) is 15.2. The number of anilines is 2. The van der Waals surface area contributed by atoms with Gasteiger partial charge in [0.1, 0.15) is 18.9 Å². The SMILES string of the molecule is CCOC(=O)OCCN(CCOC(=O)OCC)c1ccc(N=Nc2nc3ccc(Cl)c(Cl)c3s2)c(NC(C)=O)c1. The van der Waals surface area contributed by atoms with Crippen LogP contribution in [0.1, 0.15) is 20.8 Å². The maximum atomic E-state index is 11.9. The minimum Gasteiger partial charge on any atom is -0.435 e. The third-order valence-corrected chi connectivity index (χ3v) is 6.91. The Morgan fingerprint density at radius 1 is 0.950 bits per heavy atom. The molecule has 1 aromatic heterocycles. The summed E-state index contributed by atoms with van der Waals surface area (Å²) in [6, 6.07) is 8.47. The van der Waals surface area contributed by atoms with Crippen LogP contribution in [0, 0.1) is 0 Å². The highest BCUT2D eigenvalue weighted by molar-refractivity contribution is 7.22. The van der Waals surface area contributed by atoms with Gasteiger partial charge in [0.2, 0.25) is 11.0 Å². The molecule has 0 unspecified atom stereocenters. The first-order valence-electron chi connectivity index (χ1n) is 12.1. The normalized spacial score (nSPS) is 10.9. The number of carbonyl (C=O) groups is 3. The van der Waals surface area contributed by atoms with Crippen molar-refractivity contribution < 1.29 is 33.3 Å². The predicted octanol–water partition coefficient (Wildman–Crippen LogP) is 7.13. The van der Waals surface area contributed by atoms with E-state index in [-0.39, 0.29) is 45.4 Å². The van der Waals surface area contributed by atoms with E-state index in [2.05, 4.69) is 20.5 Å². The Labute approximate surface area is 244 Å². The van der Waals surface area contributed by atoms with Gasteiger partial charge in [-0.2, -0.15) is 0 Å². The molecule has 0 atom stereocenters. The maximum absolute atomic E-state index is 11.9. The van der Waals surface area contributed by atoms with Gasteiger partial charge in [0, 0.05) is 12.6 Å². The van der Waals surface area contributed by atoms with E-state index in [0.29, 0.717) is 42.5 Å². The molecule has 12 nitrogen and oxygen atoms in total. The summed E-state index contributed by atoms with van der Waals surface area (Å²) in [5.41, 5.74) is 2.01. The molecule has 3 rings (SSSR count). The molecule has 0 radical (unpaired) electrons. The van der Waals surface area contributed by atoms with Gasteiger partial charge in [0.05, 0.1) is 52.3 Å². The fourth-order valence-corrected chi connectivity index (χ4v) is 4.64. The third-order valence-electron chi connectivity index (χ3n) is 5.02. The molecule has 0 aliphatic rings. The number of rotatable bonds is 12. The first-order chi connectivity index (χ1) is 19.2. The molecule has 1 heterocycles. The maximum Gasteiger partial charge on any atom is 0.508 e. The lowest BCUT2D eigenvalue weighted by molar-refractivity contribution is -0.114. The smallest absolute Gasteiger partial charge is 0.435 e. The highest BCUT2D eigenvalue weighted by Crippen LogP contribution is 2.38. The first-order valence-corrected chi connectivity index (χ1v) is 13.7. The zero-order valence-electron chi connectivity index (χ0n) is 21.9. The summed E-state index contributed by atoms with van der Waals surface area (Å²) >= 11 is 13.6. The molecule has 2 aromatic carbocycles. The molecular weight excluding hydrogens is 585 g/mol. The zero-order valence-corrected chi connectivity index (χ0v) is 24.3. The van der Waals surface area contributed by atoms with Gasteiger partial charge >= 0.3 is 12.3 Å². The van der Waals surface area contributed by atoms with Crippen LogP contribution in [0.15, 0.2) is 40.6 Å². The summed E-state index contributed by atoms with van der Waals surface area (Å²) < 4.78 is 20.4. The van der Waals surface area contributed by atoms with Crippen LogP contribution in [0.25, 0.3) is 10.2 Å². The van der Waals surface area contributed by atoms with Crippen LogP contribution in [-0.4, -0.2) is 62.7 Å². The number of carbonyl (C=O) groups excluding carboxylic acids is 3. The fraction of sp³-hybridized carbons (Fsp3) is 0.360. The van der Waals surface area contributed by atoms with E-state index < -0.39 is 12.3 Å². The second-order valence-electron chi connectivity index (χ2n) is 7.84. The number of ether oxygens (including phenoxy) is 4. The van der Waals surface area contributed by atoms with Gasteiger partial charge in [-0.15, -0.1) is 10.2 Å². The van der Waals surface area contributed by atoms with Crippen molar-refractivity contribution in [2.24, 2.45) is 10.2 Å². The Morgan fingerprint density at radius 3 is 2.20 bits per heavy atom. The Balaban J connectivity index is 1.84. The van der Waals surface area contributed by atoms with Gasteiger partial charge in [-0.1, -0.05) is 34.5 Å². The van der Waals surface area contributed by atoms with Crippen LogP contribution in [-0.2, 0) is 23.7 Å². The van der Waals surface area contributed by atoms with Crippen LogP contribution < -0.4 is 10.2 Å². The van der Waals surface area contributed by atoms with Crippen LogP contribution in [0.3, 0.4) is 0 Å². The second-order valence-corrected chi connectivity index (χ2v) is 9.60. The number of aromatic nitrogens is 1. The number of azo groups is 1. The molecule has 0 saturated carbocycles. The number of amides is 1. The molecule has 0 fully saturated rings. The number of nitrogens with one attached hydrogen (secondary N) is 1. The summed E-state index contributed by atoms with van der Waals surface area (Å²) in [6.45, 7) is 5.55. The molecule has 0 aliphatic heterocycles. The molecule has 1 N–H and O–H groups in total. The molecule has 0 saturated heterocycles. The van der Waals surface area contributed by atoms with Crippen LogP contribution in [0.5, 0.6) is 0 Å². The van der Waals surface area contributed by atoms with Crippen molar-refractivity contribution in [3.63, 3.8) is 0 Å². The number of thiazole rings is 1. The van der Waals surface area contributed by atoms with E-state index >= 15 is 0 Å². The monoisotopic (exact) mass is 611 g/mol. The van der Waals surface area contributed by atoms with Gasteiger partial charge < -0.3 is 29.2 Å². The van der Waals surface area contributed by atoms with Gasteiger partial charge in [0.15, 0.2) is 0 Å². The number of nitrogens with zero attached hydrogens (tertiary/aromatic N) is 4. The lowest BCUT2D eigenvalue weighted by Crippen LogP contribution is -2.32. The summed E-state index contributed by atoms with van der Waals surface area (Å²) in [5, 5.41) is 12.4. The fourth-order valence-electron chi connectivity index (χ4n) is 3.33. The van der Waals surface area contributed by atoms with Crippen LogP contribution in [0.2, 0.25) is 10.0 Å². The highest BCUT2D eigenvalue weighted by Gasteiger charge is 2.15. The number of fused-ring (bicyclic) bond motifs is 1. The quantitative estimate of drug-likeness (QED) is 0.167. The van der Waals surface area contributed by atoms with E-state index in [1.54, 1.807) is 49.1 Å². The predicted molar refractivity (Wildman–Crippen MR) is 153 cm³/mol. The van der Waals surface area contributed by atoms with E-state index in [1.807, 2.05) is 0 Å². The zero-order chi connectivity index (χ0) is 29.1. The van der Waals surface area contributed by atoms with Crippen molar-refractivity contribution in [2.75, 3.05) is 49.7 Å². The van der Waals surface area contributed by atoms with Crippen molar-refractivity contribution in [2.45, 2.75) is 20.8 Å². The summed E-state index contributed by atoms with van der Waals surface area (Å²) in [7, 11) is 0. The van der Waals surface area contributed by atoms with Gasteiger partial charge in [0.25, 0.3) is 0 Å². The van der Waals surface area contributed by atoms with Crippen LogP contribution in [0.4, 0.5) is 31.8 Å². The largest absolute Gasteiger partial charge is 0.508 e. The third kappa shape index (κ3) is 8.93. The number of hydrogen-bond acceptors (Lipinski definition) is 12. The summed E-state index contributed by atoms with van der Waals surface area (Å²) in [5.74, 6) is -0.321. The van der Waals surface area contributed by atoms with Crippen LogP contribution >= 0.6 is 34.5 Å². The van der Waals surface area contributed by atoms with Crippen molar-refractivity contribution >= 4 is 85.2 Å². The summed E-state index contributed by atoms with van der Waals surface area (Å²) in [6.07, 6.45) is -1.59. The number of benzene rings is 2. The van der Waals surface area contributed by atoms with Crippen molar-refractivity contribution in [1.29, 1.82) is 0 Å².